The molecule has 6 heteroatoms. The van der Waals surface area contributed by atoms with Crippen molar-refractivity contribution in [3.8, 4) is 17.6 Å². The first-order valence-corrected chi connectivity index (χ1v) is 11.0. The van der Waals surface area contributed by atoms with Crippen molar-refractivity contribution in [1.82, 2.24) is 9.80 Å². The number of carbonyl (C=O) groups is 1. The van der Waals surface area contributed by atoms with E-state index in [1.165, 1.54) is 0 Å². The van der Waals surface area contributed by atoms with E-state index in [0.717, 1.165) is 11.1 Å². The highest BCUT2D eigenvalue weighted by molar-refractivity contribution is 5.95. The Bertz CT molecular complexity index is 1110. The quantitative estimate of drug-likeness (QED) is 0.552. The molecule has 0 aliphatic carbocycles. The van der Waals surface area contributed by atoms with Crippen LogP contribution in [0.4, 0.5) is 0 Å². The van der Waals surface area contributed by atoms with Crippen molar-refractivity contribution in [2.24, 2.45) is 0 Å². The van der Waals surface area contributed by atoms with Crippen molar-refractivity contribution >= 4 is 5.91 Å². The Hall–Kier alpha value is -3.82. The van der Waals surface area contributed by atoms with Gasteiger partial charge in [-0.3, -0.25) is 9.69 Å². The normalized spacial score (nSPS) is 16.1. The zero-order chi connectivity index (χ0) is 23.0. The number of hydrogen-bond donors (Lipinski definition) is 0. The lowest BCUT2D eigenvalue weighted by atomic mass is 10.1. The molecule has 3 aromatic rings. The molecule has 1 heterocycles. The van der Waals surface area contributed by atoms with Crippen molar-refractivity contribution in [3.05, 3.63) is 95.6 Å². The fourth-order valence-electron chi connectivity index (χ4n) is 3.97. The number of amides is 1. The van der Waals surface area contributed by atoms with Gasteiger partial charge in [-0.15, -0.1) is 0 Å². The molecule has 0 saturated carbocycles. The summed E-state index contributed by atoms with van der Waals surface area (Å²) in [6, 6.07) is 27.2. The fourth-order valence-corrected chi connectivity index (χ4v) is 3.97. The highest BCUT2D eigenvalue weighted by atomic mass is 16.5. The minimum Gasteiger partial charge on any atom is -0.493 e. The Morgan fingerprint density at radius 2 is 1.67 bits per heavy atom. The van der Waals surface area contributed by atoms with Crippen LogP contribution in [0.25, 0.3) is 0 Å². The third-order valence-electron chi connectivity index (χ3n) is 5.80. The molecule has 168 valence electrons. The van der Waals surface area contributed by atoms with Crippen LogP contribution in [0.3, 0.4) is 0 Å². The highest BCUT2D eigenvalue weighted by Crippen LogP contribution is 2.29. The van der Waals surface area contributed by atoms with Crippen LogP contribution in [0.1, 0.15) is 21.5 Å². The summed E-state index contributed by atoms with van der Waals surface area (Å²) in [6.45, 7) is 2.70. The molecule has 1 atom stereocenters. The topological polar surface area (TPSA) is 65.8 Å². The van der Waals surface area contributed by atoms with Gasteiger partial charge in [0.2, 0.25) is 0 Å². The largest absolute Gasteiger partial charge is 0.493 e. The summed E-state index contributed by atoms with van der Waals surface area (Å²) in [5, 5.41) is 9.72. The van der Waals surface area contributed by atoms with Gasteiger partial charge in [-0.25, -0.2) is 0 Å². The SMILES string of the molecule is COc1cc(C(=O)N2CCN(Cc3ccccc3)C(C#N)C2)ccc1OCc1ccccc1. The minimum atomic E-state index is -0.349. The monoisotopic (exact) mass is 441 g/mol. The second kappa shape index (κ2) is 10.7. The summed E-state index contributed by atoms with van der Waals surface area (Å²) in [5.41, 5.74) is 2.73. The number of benzene rings is 3. The van der Waals surface area contributed by atoms with Crippen molar-refractivity contribution in [1.29, 1.82) is 5.26 Å². The highest BCUT2D eigenvalue weighted by Gasteiger charge is 2.30. The molecule has 0 N–H and O–H groups in total. The summed E-state index contributed by atoms with van der Waals surface area (Å²) in [7, 11) is 1.56. The van der Waals surface area contributed by atoms with Crippen LogP contribution >= 0.6 is 0 Å². The number of nitrogens with zero attached hydrogens (tertiary/aromatic N) is 3. The molecule has 0 aromatic heterocycles. The summed E-state index contributed by atoms with van der Waals surface area (Å²) in [5.74, 6) is 0.985. The second-order valence-electron chi connectivity index (χ2n) is 7.99. The molecule has 1 unspecified atom stereocenters. The summed E-state index contributed by atoms with van der Waals surface area (Å²) < 4.78 is 11.4. The van der Waals surface area contributed by atoms with Gasteiger partial charge in [-0.05, 0) is 29.3 Å². The number of methoxy groups -OCH3 is 1. The zero-order valence-corrected chi connectivity index (χ0v) is 18.7. The fraction of sp³-hybridized carbons (Fsp3) is 0.259. The van der Waals surface area contributed by atoms with Gasteiger partial charge in [0.05, 0.1) is 13.2 Å². The van der Waals surface area contributed by atoms with E-state index < -0.39 is 0 Å². The van der Waals surface area contributed by atoms with Gasteiger partial charge in [0.25, 0.3) is 5.91 Å². The van der Waals surface area contributed by atoms with Gasteiger partial charge in [0, 0.05) is 31.7 Å². The predicted molar refractivity (Wildman–Crippen MR) is 126 cm³/mol. The maximum atomic E-state index is 13.2. The van der Waals surface area contributed by atoms with E-state index in [0.29, 0.717) is 49.8 Å². The molecule has 1 amide bonds. The van der Waals surface area contributed by atoms with Crippen molar-refractivity contribution in [2.75, 3.05) is 26.7 Å². The minimum absolute atomic E-state index is 0.109. The molecule has 1 aliphatic heterocycles. The molecule has 0 bridgehead atoms. The predicted octanol–water partition coefficient (Wildman–Crippen LogP) is 4.12. The Kier molecular flexibility index (Phi) is 7.23. The first-order valence-electron chi connectivity index (χ1n) is 11.0. The van der Waals surface area contributed by atoms with Crippen LogP contribution in [-0.2, 0) is 13.2 Å². The molecular formula is C27H27N3O3. The van der Waals surface area contributed by atoms with Crippen molar-refractivity contribution in [3.63, 3.8) is 0 Å². The Labute approximate surface area is 194 Å². The van der Waals surface area contributed by atoms with Crippen molar-refractivity contribution in [2.45, 2.75) is 19.2 Å². The maximum Gasteiger partial charge on any atom is 0.254 e. The molecule has 1 saturated heterocycles. The molecule has 1 aliphatic rings. The van der Waals surface area contributed by atoms with Gasteiger partial charge < -0.3 is 14.4 Å². The summed E-state index contributed by atoms with van der Waals surface area (Å²) in [6.07, 6.45) is 0. The number of carbonyl (C=O) groups excluding carboxylic acids is 1. The van der Waals surface area contributed by atoms with E-state index in [1.807, 2.05) is 48.5 Å². The van der Waals surface area contributed by atoms with E-state index in [4.69, 9.17) is 9.47 Å². The van der Waals surface area contributed by atoms with Gasteiger partial charge in [-0.1, -0.05) is 60.7 Å². The summed E-state index contributed by atoms with van der Waals surface area (Å²) >= 11 is 0. The summed E-state index contributed by atoms with van der Waals surface area (Å²) in [4.78, 5) is 17.1. The van der Waals surface area contributed by atoms with E-state index in [1.54, 1.807) is 30.2 Å². The number of ether oxygens (including phenoxy) is 2. The maximum absolute atomic E-state index is 13.2. The van der Waals surface area contributed by atoms with Crippen LogP contribution in [0.2, 0.25) is 0 Å². The number of nitriles is 1. The average molecular weight is 442 g/mol. The van der Waals surface area contributed by atoms with Crippen molar-refractivity contribution < 1.29 is 14.3 Å². The third-order valence-corrected chi connectivity index (χ3v) is 5.80. The number of hydrogen-bond acceptors (Lipinski definition) is 5. The molecule has 6 nitrogen and oxygen atoms in total. The average Bonchev–Trinajstić information content (AvgIpc) is 2.88. The first-order chi connectivity index (χ1) is 16.2. The Morgan fingerprint density at radius 1 is 0.970 bits per heavy atom. The molecule has 1 fully saturated rings. The Morgan fingerprint density at radius 3 is 2.33 bits per heavy atom. The van der Waals surface area contributed by atoms with Gasteiger partial charge >= 0.3 is 0 Å². The second-order valence-corrected chi connectivity index (χ2v) is 7.99. The molecule has 3 aromatic carbocycles. The van der Waals surface area contributed by atoms with Crippen LogP contribution in [-0.4, -0.2) is 48.5 Å². The van der Waals surface area contributed by atoms with E-state index in [2.05, 4.69) is 23.1 Å². The van der Waals surface area contributed by atoms with Gasteiger partial charge in [0.1, 0.15) is 12.6 Å². The number of rotatable bonds is 7. The third kappa shape index (κ3) is 5.51. The van der Waals surface area contributed by atoms with E-state index in [-0.39, 0.29) is 11.9 Å². The lowest BCUT2D eigenvalue weighted by Gasteiger charge is -2.38. The molecule has 4 rings (SSSR count). The van der Waals surface area contributed by atoms with Crippen LogP contribution < -0.4 is 9.47 Å². The molecule has 0 spiro atoms. The lowest BCUT2D eigenvalue weighted by Crippen LogP contribution is -2.53. The van der Waals surface area contributed by atoms with Gasteiger partial charge in [0.15, 0.2) is 11.5 Å². The molecule has 33 heavy (non-hydrogen) atoms. The van der Waals surface area contributed by atoms with E-state index in [9.17, 15) is 10.1 Å². The molecule has 0 radical (unpaired) electrons. The van der Waals surface area contributed by atoms with Crippen LogP contribution in [0, 0.1) is 11.3 Å². The molecular weight excluding hydrogens is 414 g/mol. The standard InChI is InChI=1S/C27H27N3O3/c1-32-26-16-23(12-13-25(26)33-20-22-10-6-3-7-11-22)27(31)30-15-14-29(24(17-28)19-30)18-21-8-4-2-5-9-21/h2-13,16,24H,14-15,18-20H2,1H3. The van der Waals surface area contributed by atoms with Gasteiger partial charge in [-0.2, -0.15) is 5.26 Å². The Balaban J connectivity index is 1.41. The smallest absolute Gasteiger partial charge is 0.254 e. The van der Waals surface area contributed by atoms with E-state index >= 15 is 0 Å². The van der Waals surface area contributed by atoms with Crippen LogP contribution in [0.5, 0.6) is 11.5 Å². The first kappa shape index (κ1) is 22.4. The van der Waals surface area contributed by atoms with Crippen LogP contribution in [0.15, 0.2) is 78.9 Å². The zero-order valence-electron chi connectivity index (χ0n) is 18.7. The lowest BCUT2D eigenvalue weighted by molar-refractivity contribution is 0.0552. The number of piperazine rings is 1.